The second-order valence-corrected chi connectivity index (χ2v) is 6.65. The van der Waals surface area contributed by atoms with Crippen molar-refractivity contribution in [2.45, 2.75) is 59.0 Å². The van der Waals surface area contributed by atoms with E-state index < -0.39 is 0 Å². The summed E-state index contributed by atoms with van der Waals surface area (Å²) in [6, 6.07) is 8.57. The van der Waals surface area contributed by atoms with Gasteiger partial charge in [0, 0.05) is 0 Å². The molecule has 5 heteroatoms. The van der Waals surface area contributed by atoms with Gasteiger partial charge in [0.15, 0.2) is 0 Å². The van der Waals surface area contributed by atoms with Crippen LogP contribution in [0.4, 0.5) is 0 Å². The molecule has 0 fully saturated rings. The minimum absolute atomic E-state index is 0.00910. The molecule has 1 amide bonds. The van der Waals surface area contributed by atoms with Gasteiger partial charge in [-0.25, -0.2) is 0 Å². The summed E-state index contributed by atoms with van der Waals surface area (Å²) in [5.41, 5.74) is 3.27. The van der Waals surface area contributed by atoms with E-state index >= 15 is 0 Å². The predicted molar refractivity (Wildman–Crippen MR) is 98.3 cm³/mol. The first-order valence-electron chi connectivity index (χ1n) is 8.53. The summed E-state index contributed by atoms with van der Waals surface area (Å²) >= 11 is 5.98. The van der Waals surface area contributed by atoms with E-state index in [4.69, 9.17) is 11.6 Å². The van der Waals surface area contributed by atoms with Crippen LogP contribution in [0.25, 0.3) is 0 Å². The van der Waals surface area contributed by atoms with Gasteiger partial charge in [0.2, 0.25) is 5.91 Å². The van der Waals surface area contributed by atoms with Gasteiger partial charge in [-0.15, -0.1) is 0 Å². The first-order valence-corrected chi connectivity index (χ1v) is 8.91. The summed E-state index contributed by atoms with van der Waals surface area (Å²) in [5.74, 6) is 0.497. The van der Waals surface area contributed by atoms with Crippen LogP contribution in [-0.4, -0.2) is 15.7 Å². The lowest BCUT2D eigenvalue weighted by atomic mass is 9.95. The van der Waals surface area contributed by atoms with E-state index in [1.54, 1.807) is 10.9 Å². The Morgan fingerprint density at radius 2 is 1.83 bits per heavy atom. The number of rotatable bonds is 7. The van der Waals surface area contributed by atoms with Gasteiger partial charge < -0.3 is 5.32 Å². The lowest BCUT2D eigenvalue weighted by Crippen LogP contribution is -2.31. The highest BCUT2D eigenvalue weighted by Crippen LogP contribution is 2.23. The zero-order valence-corrected chi connectivity index (χ0v) is 15.6. The van der Waals surface area contributed by atoms with Crippen molar-refractivity contribution in [1.82, 2.24) is 15.1 Å². The zero-order valence-electron chi connectivity index (χ0n) is 14.8. The Labute approximate surface area is 149 Å². The van der Waals surface area contributed by atoms with E-state index in [2.05, 4.69) is 55.5 Å². The molecule has 24 heavy (non-hydrogen) atoms. The first kappa shape index (κ1) is 18.5. The van der Waals surface area contributed by atoms with E-state index in [0.717, 1.165) is 24.1 Å². The summed E-state index contributed by atoms with van der Waals surface area (Å²) < 4.78 is 1.62. The molecule has 0 aliphatic carbocycles. The highest BCUT2D eigenvalue weighted by atomic mass is 35.5. The zero-order chi connectivity index (χ0) is 17.7. The summed E-state index contributed by atoms with van der Waals surface area (Å²) in [7, 11) is 0. The number of nitrogens with one attached hydrogen (secondary N) is 1. The Balaban J connectivity index is 2.03. The van der Waals surface area contributed by atoms with E-state index in [1.165, 1.54) is 5.56 Å². The molecule has 2 rings (SSSR count). The van der Waals surface area contributed by atoms with E-state index in [1.807, 2.05) is 6.92 Å². The van der Waals surface area contributed by atoms with Crippen LogP contribution in [0.3, 0.4) is 0 Å². The first-order chi connectivity index (χ1) is 11.5. The molecule has 0 saturated carbocycles. The fourth-order valence-electron chi connectivity index (χ4n) is 2.67. The van der Waals surface area contributed by atoms with Crippen molar-refractivity contribution >= 4 is 17.5 Å². The summed E-state index contributed by atoms with van der Waals surface area (Å²) in [6.07, 6.45) is 3.53. The van der Waals surface area contributed by atoms with Gasteiger partial charge in [0.1, 0.15) is 6.54 Å². The molecule has 1 aromatic heterocycles. The molecular weight excluding hydrogens is 322 g/mol. The van der Waals surface area contributed by atoms with Crippen molar-refractivity contribution < 1.29 is 4.79 Å². The van der Waals surface area contributed by atoms with Crippen LogP contribution in [-0.2, 0) is 11.3 Å². The van der Waals surface area contributed by atoms with Gasteiger partial charge >= 0.3 is 0 Å². The Morgan fingerprint density at radius 3 is 2.33 bits per heavy atom. The number of benzene rings is 1. The molecule has 2 atom stereocenters. The monoisotopic (exact) mass is 347 g/mol. The average molecular weight is 348 g/mol. The highest BCUT2D eigenvalue weighted by Gasteiger charge is 2.15. The number of amides is 1. The fourth-order valence-corrected chi connectivity index (χ4v) is 2.81. The quantitative estimate of drug-likeness (QED) is 0.794. The molecule has 1 aromatic carbocycles. The van der Waals surface area contributed by atoms with Gasteiger partial charge in [-0.05, 0) is 36.8 Å². The standard InChI is InChI=1S/C19H26ClN3O/c1-5-13(3)15-7-9-16(10-8-15)18(6-2)22-19(24)12-23-14(4)17(20)11-21-23/h7-11,13,18H,5-6,12H2,1-4H3,(H,22,24). The van der Waals surface area contributed by atoms with Crippen LogP contribution in [0.1, 0.15) is 62.4 Å². The third-order valence-electron chi connectivity index (χ3n) is 4.60. The lowest BCUT2D eigenvalue weighted by molar-refractivity contribution is -0.122. The number of nitrogens with zero attached hydrogens (tertiary/aromatic N) is 2. The van der Waals surface area contributed by atoms with Gasteiger partial charge in [-0.2, -0.15) is 5.10 Å². The largest absolute Gasteiger partial charge is 0.348 e. The average Bonchev–Trinajstić information content (AvgIpc) is 2.91. The Hall–Kier alpha value is -1.81. The van der Waals surface area contributed by atoms with Gasteiger partial charge in [0.05, 0.1) is 23.0 Å². The second-order valence-electron chi connectivity index (χ2n) is 6.24. The fraction of sp³-hybridized carbons (Fsp3) is 0.474. The van der Waals surface area contributed by atoms with E-state index in [0.29, 0.717) is 10.9 Å². The normalized spacial score (nSPS) is 13.5. The molecule has 1 N–H and O–H groups in total. The summed E-state index contributed by atoms with van der Waals surface area (Å²) in [5, 5.41) is 7.79. The third-order valence-corrected chi connectivity index (χ3v) is 4.97. The van der Waals surface area contributed by atoms with Crippen molar-refractivity contribution in [1.29, 1.82) is 0 Å². The van der Waals surface area contributed by atoms with Gasteiger partial charge in [-0.3, -0.25) is 9.48 Å². The van der Waals surface area contributed by atoms with E-state index in [-0.39, 0.29) is 18.5 Å². The summed E-state index contributed by atoms with van der Waals surface area (Å²) in [6.45, 7) is 8.53. The Kier molecular flexibility index (Phi) is 6.44. The second kappa shape index (κ2) is 8.34. The molecule has 0 aliphatic heterocycles. The van der Waals surface area contributed by atoms with E-state index in [9.17, 15) is 4.79 Å². The molecule has 0 saturated heterocycles. The molecule has 4 nitrogen and oxygen atoms in total. The highest BCUT2D eigenvalue weighted by molar-refractivity contribution is 6.31. The van der Waals surface area contributed by atoms with Crippen molar-refractivity contribution in [3.8, 4) is 0 Å². The minimum atomic E-state index is -0.0595. The number of hydrogen-bond donors (Lipinski definition) is 1. The third kappa shape index (κ3) is 4.38. The molecule has 2 aromatic rings. The number of carbonyl (C=O) groups excluding carboxylic acids is 1. The van der Waals surface area contributed by atoms with Crippen LogP contribution in [0, 0.1) is 6.92 Å². The molecule has 0 radical (unpaired) electrons. The van der Waals surface area contributed by atoms with Crippen molar-refractivity contribution in [2.75, 3.05) is 0 Å². The maximum absolute atomic E-state index is 12.3. The SMILES string of the molecule is CCC(C)c1ccc(C(CC)NC(=O)Cn2ncc(Cl)c2C)cc1. The minimum Gasteiger partial charge on any atom is -0.348 e. The predicted octanol–water partition coefficient (Wildman–Crippen LogP) is 4.63. The smallest absolute Gasteiger partial charge is 0.242 e. The van der Waals surface area contributed by atoms with Crippen LogP contribution < -0.4 is 5.32 Å². The molecule has 1 heterocycles. The molecule has 0 spiro atoms. The van der Waals surface area contributed by atoms with Crippen LogP contribution in [0.2, 0.25) is 5.02 Å². The Morgan fingerprint density at radius 1 is 1.21 bits per heavy atom. The molecule has 2 unspecified atom stereocenters. The van der Waals surface area contributed by atoms with Crippen LogP contribution >= 0.6 is 11.6 Å². The molecular formula is C19H26ClN3O. The maximum atomic E-state index is 12.3. The van der Waals surface area contributed by atoms with Crippen LogP contribution in [0.15, 0.2) is 30.5 Å². The molecule has 0 aliphatic rings. The maximum Gasteiger partial charge on any atom is 0.242 e. The molecule has 130 valence electrons. The van der Waals surface area contributed by atoms with Crippen LogP contribution in [0.5, 0.6) is 0 Å². The van der Waals surface area contributed by atoms with Crippen molar-refractivity contribution in [2.24, 2.45) is 0 Å². The number of aromatic nitrogens is 2. The van der Waals surface area contributed by atoms with Crippen molar-refractivity contribution in [3.05, 3.63) is 52.3 Å². The van der Waals surface area contributed by atoms with Gasteiger partial charge in [-0.1, -0.05) is 56.6 Å². The molecule has 0 bridgehead atoms. The topological polar surface area (TPSA) is 46.9 Å². The number of carbonyl (C=O) groups is 1. The lowest BCUT2D eigenvalue weighted by Gasteiger charge is -2.19. The van der Waals surface area contributed by atoms with Gasteiger partial charge in [0.25, 0.3) is 0 Å². The summed E-state index contributed by atoms with van der Waals surface area (Å²) in [4.78, 5) is 12.3. The van der Waals surface area contributed by atoms with Crippen molar-refractivity contribution in [3.63, 3.8) is 0 Å². The number of hydrogen-bond acceptors (Lipinski definition) is 2. The Bertz CT molecular complexity index is 678. The number of halogens is 1.